The van der Waals surface area contributed by atoms with Crippen molar-refractivity contribution in [2.45, 2.75) is 13.0 Å². The average Bonchev–Trinajstić information content (AvgIpc) is 2.67. The lowest BCUT2D eigenvalue weighted by Crippen LogP contribution is -2.23. The maximum absolute atomic E-state index is 13.1. The number of nitrogens with two attached hydrogens (primary N) is 1. The molecule has 4 rings (SSSR count). The summed E-state index contributed by atoms with van der Waals surface area (Å²) in [4.78, 5) is 35.3. The van der Waals surface area contributed by atoms with Crippen LogP contribution in [0.3, 0.4) is 0 Å². The van der Waals surface area contributed by atoms with Gasteiger partial charge in [0.05, 0.1) is 17.2 Å². The van der Waals surface area contributed by atoms with Crippen molar-refractivity contribution in [2.24, 2.45) is 0 Å². The summed E-state index contributed by atoms with van der Waals surface area (Å²) in [7, 11) is 0. The number of halogens is 1. The summed E-state index contributed by atoms with van der Waals surface area (Å²) in [6.07, 6.45) is 1.79. The molecule has 28 heavy (non-hydrogen) atoms. The number of anilines is 1. The fraction of sp³-hybridized carbons (Fsp3) is 0.100. The van der Waals surface area contributed by atoms with Crippen molar-refractivity contribution < 1.29 is 4.39 Å². The van der Waals surface area contributed by atoms with E-state index in [0.29, 0.717) is 23.1 Å². The molecule has 4 aromatic rings. The Balaban J connectivity index is 1.68. The molecule has 0 saturated carbocycles. The molecule has 0 radical (unpaired) electrons. The van der Waals surface area contributed by atoms with Gasteiger partial charge in [-0.05, 0) is 35.4 Å². The van der Waals surface area contributed by atoms with Gasteiger partial charge in [-0.15, -0.1) is 0 Å². The Morgan fingerprint density at radius 2 is 1.79 bits per heavy atom. The van der Waals surface area contributed by atoms with E-state index in [0.717, 1.165) is 11.1 Å². The molecule has 0 saturated heterocycles. The topological polar surface area (TPSA) is 107 Å². The number of aromatic nitrogens is 4. The number of hydrogen-bond acceptors (Lipinski definition) is 5. The molecule has 2 heterocycles. The van der Waals surface area contributed by atoms with Crippen LogP contribution in [0.15, 0.2) is 64.4 Å². The van der Waals surface area contributed by atoms with Gasteiger partial charge in [0.2, 0.25) is 0 Å². The van der Waals surface area contributed by atoms with Crippen LogP contribution in [-0.4, -0.2) is 19.5 Å². The van der Waals surface area contributed by atoms with E-state index in [4.69, 9.17) is 5.73 Å². The average molecular weight is 377 g/mol. The van der Waals surface area contributed by atoms with E-state index in [1.807, 2.05) is 6.07 Å². The third-order valence-electron chi connectivity index (χ3n) is 4.40. The lowest BCUT2D eigenvalue weighted by Gasteiger charge is -2.08. The molecule has 0 amide bonds. The normalized spacial score (nSPS) is 11.0. The molecule has 2 aromatic carbocycles. The van der Waals surface area contributed by atoms with Gasteiger partial charge in [-0.2, -0.15) is 0 Å². The molecular weight excluding hydrogens is 361 g/mol. The van der Waals surface area contributed by atoms with E-state index in [-0.39, 0.29) is 29.3 Å². The van der Waals surface area contributed by atoms with Crippen molar-refractivity contribution >= 4 is 16.7 Å². The highest BCUT2D eigenvalue weighted by Crippen LogP contribution is 2.22. The first-order valence-corrected chi connectivity index (χ1v) is 8.60. The number of H-pyrrole nitrogens is 1. The summed E-state index contributed by atoms with van der Waals surface area (Å²) < 4.78 is 14.6. The molecule has 0 fully saturated rings. The van der Waals surface area contributed by atoms with Crippen LogP contribution in [0.2, 0.25) is 0 Å². The van der Waals surface area contributed by atoms with Crippen molar-refractivity contribution in [3.63, 3.8) is 0 Å². The fourth-order valence-electron chi connectivity index (χ4n) is 3.01. The van der Waals surface area contributed by atoms with Gasteiger partial charge in [-0.25, -0.2) is 14.4 Å². The van der Waals surface area contributed by atoms with E-state index < -0.39 is 0 Å². The second kappa shape index (κ2) is 7.07. The lowest BCUT2D eigenvalue weighted by atomic mass is 10.0. The molecule has 7 nitrogen and oxygen atoms in total. The zero-order valence-electron chi connectivity index (χ0n) is 14.7. The summed E-state index contributed by atoms with van der Waals surface area (Å²) in [5, 5.41) is 0.457. The quantitative estimate of drug-likeness (QED) is 0.566. The Bertz CT molecular complexity index is 1280. The number of rotatable bonds is 4. The summed E-state index contributed by atoms with van der Waals surface area (Å²) in [6.45, 7) is 0.287. The number of nitrogens with zero attached hydrogens (tertiary/aromatic N) is 3. The molecule has 0 unspecified atom stereocenters. The van der Waals surface area contributed by atoms with Crippen LogP contribution in [0.25, 0.3) is 22.0 Å². The molecule has 0 aliphatic heterocycles. The largest absolute Gasteiger partial charge is 0.383 e. The second-order valence-electron chi connectivity index (χ2n) is 6.35. The van der Waals surface area contributed by atoms with Crippen LogP contribution in [0.1, 0.15) is 5.82 Å². The molecular formula is C20H16FN5O2. The number of fused-ring (bicyclic) bond motifs is 1. The molecule has 0 aliphatic carbocycles. The van der Waals surface area contributed by atoms with Crippen LogP contribution >= 0.6 is 0 Å². The number of benzene rings is 2. The van der Waals surface area contributed by atoms with Gasteiger partial charge < -0.3 is 10.7 Å². The molecule has 3 N–H and O–H groups in total. The van der Waals surface area contributed by atoms with Gasteiger partial charge in [0.25, 0.3) is 11.1 Å². The van der Waals surface area contributed by atoms with Crippen molar-refractivity contribution in [2.75, 3.05) is 5.73 Å². The number of nitrogen functional groups attached to an aromatic ring is 1. The smallest absolute Gasteiger partial charge is 0.261 e. The monoisotopic (exact) mass is 377 g/mol. The van der Waals surface area contributed by atoms with Crippen molar-refractivity contribution in [3.05, 3.63) is 87.2 Å². The van der Waals surface area contributed by atoms with Gasteiger partial charge >= 0.3 is 0 Å². The van der Waals surface area contributed by atoms with Crippen molar-refractivity contribution in [1.82, 2.24) is 19.5 Å². The Morgan fingerprint density at radius 1 is 1.04 bits per heavy atom. The zero-order chi connectivity index (χ0) is 19.7. The first-order valence-electron chi connectivity index (χ1n) is 8.60. The highest BCUT2D eigenvalue weighted by atomic mass is 19.1. The predicted molar refractivity (Wildman–Crippen MR) is 104 cm³/mol. The molecule has 2 aromatic heterocycles. The molecule has 0 atom stereocenters. The van der Waals surface area contributed by atoms with Crippen LogP contribution in [0.4, 0.5) is 10.2 Å². The van der Waals surface area contributed by atoms with Crippen LogP contribution in [-0.2, 0) is 13.0 Å². The summed E-state index contributed by atoms with van der Waals surface area (Å²) in [5.41, 5.74) is 7.21. The molecule has 0 bridgehead atoms. The number of nitrogens with one attached hydrogen (secondary N) is 1. The maximum Gasteiger partial charge on any atom is 0.261 e. The van der Waals surface area contributed by atoms with Crippen molar-refractivity contribution in [1.29, 1.82) is 0 Å². The van der Waals surface area contributed by atoms with E-state index >= 15 is 0 Å². The van der Waals surface area contributed by atoms with E-state index in [1.54, 1.807) is 24.3 Å². The number of aryl methyl sites for hydroxylation is 2. The number of aromatic amines is 1. The highest BCUT2D eigenvalue weighted by molar-refractivity contribution is 5.83. The number of hydrogen-bond donors (Lipinski definition) is 2. The molecule has 8 heteroatoms. The zero-order valence-corrected chi connectivity index (χ0v) is 14.7. The Labute approximate surface area is 158 Å². The minimum absolute atomic E-state index is 0.131. The molecule has 140 valence electrons. The van der Waals surface area contributed by atoms with Crippen LogP contribution < -0.4 is 16.9 Å². The lowest BCUT2D eigenvalue weighted by molar-refractivity contribution is 0.628. The third kappa shape index (κ3) is 3.52. The minimum Gasteiger partial charge on any atom is -0.383 e. The molecule has 0 aliphatic rings. The van der Waals surface area contributed by atoms with E-state index in [2.05, 4.69) is 15.0 Å². The first-order chi connectivity index (χ1) is 13.5. The Kier molecular flexibility index (Phi) is 4.44. The highest BCUT2D eigenvalue weighted by Gasteiger charge is 2.08. The van der Waals surface area contributed by atoms with Crippen LogP contribution in [0.5, 0.6) is 0 Å². The standard InChI is InChI=1S/C20H16FN5O2/c21-14-4-1-12(2-5-14)13-3-6-16-15(9-13)20(28)26(11-23-16)8-7-18-24-17(22)10-19(27)25-18/h1-6,9-11H,7-8H2,(H3,22,24,25,27). The van der Waals surface area contributed by atoms with Crippen LogP contribution in [0, 0.1) is 5.82 Å². The summed E-state index contributed by atoms with van der Waals surface area (Å²) in [6, 6.07) is 12.6. The van der Waals surface area contributed by atoms with Gasteiger partial charge in [-0.1, -0.05) is 18.2 Å². The third-order valence-corrected chi connectivity index (χ3v) is 4.40. The second-order valence-corrected chi connectivity index (χ2v) is 6.35. The van der Waals surface area contributed by atoms with Gasteiger partial charge in [0.1, 0.15) is 17.5 Å². The van der Waals surface area contributed by atoms with Gasteiger partial charge in [0.15, 0.2) is 0 Å². The fourth-order valence-corrected chi connectivity index (χ4v) is 3.01. The Morgan fingerprint density at radius 3 is 2.54 bits per heavy atom. The van der Waals surface area contributed by atoms with E-state index in [9.17, 15) is 14.0 Å². The first kappa shape index (κ1) is 17.6. The summed E-state index contributed by atoms with van der Waals surface area (Å²) >= 11 is 0. The predicted octanol–water partition coefficient (Wildman–Crippen LogP) is 2.11. The Hall–Kier alpha value is -3.81. The SMILES string of the molecule is Nc1cc(=O)[nH]c(CCn2cnc3ccc(-c4ccc(F)cc4)cc3c2=O)n1. The minimum atomic E-state index is -0.338. The summed E-state index contributed by atoms with van der Waals surface area (Å²) in [5.74, 6) is 0.213. The van der Waals surface area contributed by atoms with Gasteiger partial charge in [-0.3, -0.25) is 14.2 Å². The maximum atomic E-state index is 13.1. The van der Waals surface area contributed by atoms with Crippen molar-refractivity contribution in [3.8, 4) is 11.1 Å². The van der Waals surface area contributed by atoms with Gasteiger partial charge in [0, 0.05) is 19.0 Å². The molecule has 0 spiro atoms. The van der Waals surface area contributed by atoms with E-state index in [1.165, 1.54) is 29.1 Å².